The third kappa shape index (κ3) is 6.48. The molecule has 2 aromatic rings. The molecule has 150 valence electrons. The zero-order valence-electron chi connectivity index (χ0n) is 16.7. The Balaban J connectivity index is 2.31. The summed E-state index contributed by atoms with van der Waals surface area (Å²) in [5.74, 6) is -0.695. The van der Waals surface area contributed by atoms with Crippen LogP contribution in [-0.2, 0) is 32.3 Å². The number of carbonyl (C=O) groups excluding carboxylic acids is 2. The van der Waals surface area contributed by atoms with Crippen LogP contribution in [0.4, 0.5) is 0 Å². The van der Waals surface area contributed by atoms with Crippen LogP contribution in [0, 0.1) is 0 Å². The summed E-state index contributed by atoms with van der Waals surface area (Å²) < 4.78 is 5.28. The third-order valence-corrected chi connectivity index (χ3v) is 4.45. The van der Waals surface area contributed by atoms with Gasteiger partial charge in [0.15, 0.2) is 0 Å². The number of benzene rings is 2. The van der Waals surface area contributed by atoms with Crippen molar-refractivity contribution < 1.29 is 19.2 Å². The standard InChI is InChI=1S/C22H28N2O4/c1-4-28-22(26)20(15-21(25)23(2)27-3)24(16-18-11-7-5-8-12-18)17-19-13-9-6-10-14-19/h5-14,20H,4,15-17H2,1-3H3/t20-/m0/s1. The lowest BCUT2D eigenvalue weighted by molar-refractivity contribution is -0.173. The number of esters is 1. The fourth-order valence-corrected chi connectivity index (χ4v) is 2.91. The first kappa shape index (κ1) is 21.6. The van der Waals surface area contributed by atoms with E-state index >= 15 is 0 Å². The highest BCUT2D eigenvalue weighted by atomic mass is 16.7. The van der Waals surface area contributed by atoms with Crippen LogP contribution in [0.2, 0.25) is 0 Å². The van der Waals surface area contributed by atoms with Crippen molar-refractivity contribution in [2.45, 2.75) is 32.5 Å². The summed E-state index contributed by atoms with van der Waals surface area (Å²) in [6, 6.07) is 19.0. The van der Waals surface area contributed by atoms with Crippen LogP contribution >= 0.6 is 0 Å². The second-order valence-corrected chi connectivity index (χ2v) is 6.42. The minimum atomic E-state index is -0.717. The lowest BCUT2D eigenvalue weighted by Crippen LogP contribution is -2.45. The zero-order valence-corrected chi connectivity index (χ0v) is 16.7. The predicted octanol–water partition coefficient (Wildman–Crippen LogP) is 3.03. The van der Waals surface area contributed by atoms with E-state index in [-0.39, 0.29) is 18.9 Å². The molecule has 0 N–H and O–H groups in total. The molecular weight excluding hydrogens is 356 g/mol. The van der Waals surface area contributed by atoms with Gasteiger partial charge in [0.1, 0.15) is 6.04 Å². The van der Waals surface area contributed by atoms with Crippen molar-refractivity contribution >= 4 is 11.9 Å². The largest absolute Gasteiger partial charge is 0.465 e. The fraction of sp³-hybridized carbons (Fsp3) is 0.364. The maximum atomic E-state index is 12.7. The minimum Gasteiger partial charge on any atom is -0.465 e. The number of hydrogen-bond acceptors (Lipinski definition) is 5. The normalized spacial score (nSPS) is 11.9. The molecule has 0 aliphatic carbocycles. The minimum absolute atomic E-state index is 0.0250. The molecule has 0 spiro atoms. The van der Waals surface area contributed by atoms with Gasteiger partial charge in [0.05, 0.1) is 20.1 Å². The molecule has 2 rings (SSSR count). The van der Waals surface area contributed by atoms with Crippen molar-refractivity contribution in [1.82, 2.24) is 9.96 Å². The summed E-state index contributed by atoms with van der Waals surface area (Å²) in [6.45, 7) is 3.05. The zero-order chi connectivity index (χ0) is 20.4. The molecule has 0 aliphatic heterocycles. The first-order valence-corrected chi connectivity index (χ1v) is 9.34. The van der Waals surface area contributed by atoms with E-state index in [4.69, 9.17) is 9.57 Å². The van der Waals surface area contributed by atoms with Crippen molar-refractivity contribution in [3.8, 4) is 0 Å². The summed E-state index contributed by atoms with van der Waals surface area (Å²) in [7, 11) is 2.95. The summed E-state index contributed by atoms with van der Waals surface area (Å²) in [5.41, 5.74) is 2.11. The van der Waals surface area contributed by atoms with Crippen molar-refractivity contribution in [2.24, 2.45) is 0 Å². The van der Waals surface area contributed by atoms with Gasteiger partial charge in [-0.3, -0.25) is 19.3 Å². The van der Waals surface area contributed by atoms with Crippen LogP contribution in [0.1, 0.15) is 24.5 Å². The van der Waals surface area contributed by atoms with Gasteiger partial charge < -0.3 is 4.74 Å². The van der Waals surface area contributed by atoms with Crippen LogP contribution < -0.4 is 0 Å². The smallest absolute Gasteiger partial charge is 0.323 e. The van der Waals surface area contributed by atoms with E-state index in [1.807, 2.05) is 65.6 Å². The molecule has 0 heterocycles. The molecule has 0 aliphatic rings. The molecule has 1 atom stereocenters. The van der Waals surface area contributed by atoms with E-state index in [0.717, 1.165) is 16.2 Å². The SMILES string of the molecule is CCOC(=O)[C@H](CC(=O)N(C)OC)N(Cc1ccccc1)Cc1ccccc1. The topological polar surface area (TPSA) is 59.1 Å². The molecule has 0 bridgehead atoms. The molecule has 6 heteroatoms. The Labute approximate surface area is 166 Å². The molecule has 0 saturated carbocycles. The van der Waals surface area contributed by atoms with E-state index in [0.29, 0.717) is 13.1 Å². The van der Waals surface area contributed by atoms with E-state index in [1.165, 1.54) is 14.2 Å². The number of hydroxylamine groups is 2. The highest BCUT2D eigenvalue weighted by molar-refractivity contribution is 5.84. The van der Waals surface area contributed by atoms with Crippen LogP contribution in [0.15, 0.2) is 60.7 Å². The highest BCUT2D eigenvalue weighted by Gasteiger charge is 2.31. The van der Waals surface area contributed by atoms with E-state index in [2.05, 4.69) is 0 Å². The van der Waals surface area contributed by atoms with Crippen LogP contribution in [-0.4, -0.2) is 48.6 Å². The molecule has 0 aromatic heterocycles. The lowest BCUT2D eigenvalue weighted by Gasteiger charge is -2.30. The van der Waals surface area contributed by atoms with Crippen molar-refractivity contribution in [3.05, 3.63) is 71.8 Å². The Hall–Kier alpha value is -2.70. The van der Waals surface area contributed by atoms with Gasteiger partial charge in [-0.1, -0.05) is 60.7 Å². The second-order valence-electron chi connectivity index (χ2n) is 6.42. The number of amides is 1. The molecule has 0 unspecified atom stereocenters. The Kier molecular flexibility index (Phi) is 8.65. The molecule has 0 fully saturated rings. The van der Waals surface area contributed by atoms with Gasteiger partial charge in [-0.05, 0) is 18.1 Å². The molecular formula is C22H28N2O4. The van der Waals surface area contributed by atoms with Gasteiger partial charge in [0, 0.05) is 20.1 Å². The first-order valence-electron chi connectivity index (χ1n) is 9.34. The Morgan fingerprint density at radius 3 is 1.86 bits per heavy atom. The number of ether oxygens (including phenoxy) is 1. The monoisotopic (exact) mass is 384 g/mol. The summed E-state index contributed by atoms with van der Waals surface area (Å²) in [6.07, 6.45) is -0.0250. The quantitative estimate of drug-likeness (QED) is 0.465. The van der Waals surface area contributed by atoms with Gasteiger partial charge in [0.25, 0.3) is 0 Å². The van der Waals surface area contributed by atoms with Gasteiger partial charge in [-0.15, -0.1) is 0 Å². The summed E-state index contributed by atoms with van der Waals surface area (Å²) in [5, 5.41) is 1.13. The number of rotatable bonds is 10. The Bertz CT molecular complexity index is 695. The van der Waals surface area contributed by atoms with Crippen molar-refractivity contribution in [3.63, 3.8) is 0 Å². The number of carbonyl (C=O) groups is 2. The van der Waals surface area contributed by atoms with Gasteiger partial charge in [-0.2, -0.15) is 0 Å². The maximum Gasteiger partial charge on any atom is 0.323 e. The highest BCUT2D eigenvalue weighted by Crippen LogP contribution is 2.18. The second kappa shape index (κ2) is 11.2. The van der Waals surface area contributed by atoms with E-state index in [1.54, 1.807) is 6.92 Å². The average Bonchev–Trinajstić information content (AvgIpc) is 2.72. The van der Waals surface area contributed by atoms with Crippen LogP contribution in [0.3, 0.4) is 0 Å². The number of nitrogens with zero attached hydrogens (tertiary/aromatic N) is 2. The molecule has 6 nitrogen and oxygen atoms in total. The van der Waals surface area contributed by atoms with Gasteiger partial charge >= 0.3 is 5.97 Å². The molecule has 2 aromatic carbocycles. The molecule has 0 saturated heterocycles. The predicted molar refractivity (Wildman–Crippen MR) is 107 cm³/mol. The first-order chi connectivity index (χ1) is 13.5. The van der Waals surface area contributed by atoms with Crippen LogP contribution in [0.5, 0.6) is 0 Å². The maximum absolute atomic E-state index is 12.7. The Morgan fingerprint density at radius 1 is 0.929 bits per heavy atom. The van der Waals surface area contributed by atoms with Gasteiger partial charge in [0.2, 0.25) is 5.91 Å². The molecule has 1 amide bonds. The van der Waals surface area contributed by atoms with Crippen molar-refractivity contribution in [2.75, 3.05) is 20.8 Å². The van der Waals surface area contributed by atoms with E-state index in [9.17, 15) is 9.59 Å². The molecule has 0 radical (unpaired) electrons. The molecule has 28 heavy (non-hydrogen) atoms. The lowest BCUT2D eigenvalue weighted by atomic mass is 10.1. The van der Waals surface area contributed by atoms with E-state index < -0.39 is 12.0 Å². The summed E-state index contributed by atoms with van der Waals surface area (Å²) >= 11 is 0. The average molecular weight is 384 g/mol. The fourth-order valence-electron chi connectivity index (χ4n) is 2.91. The third-order valence-electron chi connectivity index (χ3n) is 4.45. The Morgan fingerprint density at radius 2 is 1.43 bits per heavy atom. The van der Waals surface area contributed by atoms with Gasteiger partial charge in [-0.25, -0.2) is 5.06 Å². The summed E-state index contributed by atoms with van der Waals surface area (Å²) in [4.78, 5) is 32.2. The van der Waals surface area contributed by atoms with Crippen molar-refractivity contribution in [1.29, 1.82) is 0 Å². The van der Waals surface area contributed by atoms with Crippen LogP contribution in [0.25, 0.3) is 0 Å². The number of hydrogen-bond donors (Lipinski definition) is 0.